The summed E-state index contributed by atoms with van der Waals surface area (Å²) in [4.78, 5) is 22.1. The van der Waals surface area contributed by atoms with Crippen molar-refractivity contribution in [2.75, 3.05) is 6.54 Å². The van der Waals surface area contributed by atoms with Crippen LogP contribution in [0.3, 0.4) is 0 Å². The zero-order valence-corrected chi connectivity index (χ0v) is 12.4. The number of carbonyl (C=O) groups excluding carboxylic acids is 1. The molecule has 2 aromatic carbocycles. The number of carboxylic acid groups (broad SMARTS) is 1. The van der Waals surface area contributed by atoms with Crippen molar-refractivity contribution >= 4 is 11.9 Å². The average Bonchev–Trinajstić information content (AvgIpc) is 2.49. The van der Waals surface area contributed by atoms with Gasteiger partial charge in [0.2, 0.25) is 0 Å². The molecule has 0 aliphatic carbocycles. The number of hydrogen-bond acceptors (Lipinski definition) is 3. The molecule has 1 amide bonds. The lowest BCUT2D eigenvalue weighted by atomic mass is 10.1. The third kappa shape index (κ3) is 4.09. The number of carbonyl (C=O) groups is 2. The van der Waals surface area contributed by atoms with Gasteiger partial charge in [0, 0.05) is 5.56 Å². The highest BCUT2D eigenvalue weighted by atomic mass is 16.5. The lowest BCUT2D eigenvalue weighted by Crippen LogP contribution is -2.29. The van der Waals surface area contributed by atoms with Gasteiger partial charge in [-0.25, -0.2) is 0 Å². The molecule has 0 aliphatic rings. The Morgan fingerprint density at radius 1 is 1.00 bits per heavy atom. The van der Waals surface area contributed by atoms with Crippen molar-refractivity contribution in [3.05, 3.63) is 59.2 Å². The predicted molar refractivity (Wildman–Crippen MR) is 82.4 cm³/mol. The van der Waals surface area contributed by atoms with E-state index in [1.54, 1.807) is 24.3 Å². The molecule has 114 valence electrons. The number of carboxylic acids is 1. The van der Waals surface area contributed by atoms with Crippen molar-refractivity contribution in [1.82, 2.24) is 5.32 Å². The van der Waals surface area contributed by atoms with Gasteiger partial charge < -0.3 is 15.2 Å². The molecule has 0 bridgehead atoms. The molecule has 0 radical (unpaired) electrons. The van der Waals surface area contributed by atoms with Crippen molar-refractivity contribution in [2.24, 2.45) is 0 Å². The molecule has 2 N–H and O–H groups in total. The van der Waals surface area contributed by atoms with E-state index in [-0.39, 0.29) is 0 Å². The minimum Gasteiger partial charge on any atom is -0.480 e. The number of aliphatic carboxylic acids is 1. The smallest absolute Gasteiger partial charge is 0.322 e. The molecule has 5 heteroatoms. The molecule has 2 rings (SSSR count). The number of hydrogen-bond donors (Lipinski definition) is 2. The standard InChI is InChI=1S/C17H17NO4/c1-11-3-6-15(9-12(11)2)22-14-7-4-13(5-8-14)17(21)18-10-16(19)20/h3-9H,10H2,1-2H3,(H,18,21)(H,19,20). The number of nitrogens with one attached hydrogen (secondary N) is 1. The van der Waals surface area contributed by atoms with Crippen LogP contribution in [0.25, 0.3) is 0 Å². The fourth-order valence-corrected chi connectivity index (χ4v) is 1.85. The number of aryl methyl sites for hydroxylation is 2. The van der Waals surface area contributed by atoms with Crippen LogP contribution in [-0.2, 0) is 4.79 Å². The summed E-state index contributed by atoms with van der Waals surface area (Å²) in [7, 11) is 0. The van der Waals surface area contributed by atoms with Gasteiger partial charge in [-0.1, -0.05) is 6.07 Å². The summed E-state index contributed by atoms with van der Waals surface area (Å²) in [6, 6.07) is 12.3. The number of rotatable bonds is 5. The van der Waals surface area contributed by atoms with E-state index in [1.165, 1.54) is 5.56 Å². The topological polar surface area (TPSA) is 75.6 Å². The van der Waals surface area contributed by atoms with Crippen LogP contribution in [0.5, 0.6) is 11.5 Å². The predicted octanol–water partition coefficient (Wildman–Crippen LogP) is 2.91. The number of ether oxygens (including phenoxy) is 1. The summed E-state index contributed by atoms with van der Waals surface area (Å²) < 4.78 is 5.72. The zero-order valence-electron chi connectivity index (χ0n) is 12.4. The van der Waals surface area contributed by atoms with Crippen LogP contribution in [0.2, 0.25) is 0 Å². The van der Waals surface area contributed by atoms with E-state index in [1.807, 2.05) is 32.0 Å². The van der Waals surface area contributed by atoms with E-state index in [4.69, 9.17) is 9.84 Å². The van der Waals surface area contributed by atoms with Crippen molar-refractivity contribution in [1.29, 1.82) is 0 Å². The fourth-order valence-electron chi connectivity index (χ4n) is 1.85. The Bertz CT molecular complexity index is 692. The average molecular weight is 299 g/mol. The Kier molecular flexibility index (Phi) is 4.78. The van der Waals surface area contributed by atoms with Crippen LogP contribution in [0.15, 0.2) is 42.5 Å². The molecule has 0 saturated carbocycles. The zero-order chi connectivity index (χ0) is 16.1. The van der Waals surface area contributed by atoms with Crippen LogP contribution in [-0.4, -0.2) is 23.5 Å². The van der Waals surface area contributed by atoms with Crippen LogP contribution < -0.4 is 10.1 Å². The Morgan fingerprint density at radius 2 is 1.64 bits per heavy atom. The summed E-state index contributed by atoms with van der Waals surface area (Å²) in [5, 5.41) is 10.8. The van der Waals surface area contributed by atoms with Gasteiger partial charge in [0.15, 0.2) is 0 Å². The van der Waals surface area contributed by atoms with Crippen molar-refractivity contribution < 1.29 is 19.4 Å². The summed E-state index contributed by atoms with van der Waals surface area (Å²) in [5.41, 5.74) is 2.72. The third-order valence-electron chi connectivity index (χ3n) is 3.23. The summed E-state index contributed by atoms with van der Waals surface area (Å²) >= 11 is 0. The van der Waals surface area contributed by atoms with E-state index in [0.717, 1.165) is 11.3 Å². The van der Waals surface area contributed by atoms with Gasteiger partial charge in [-0.2, -0.15) is 0 Å². The van der Waals surface area contributed by atoms with Crippen LogP contribution in [0, 0.1) is 13.8 Å². The van der Waals surface area contributed by atoms with Gasteiger partial charge >= 0.3 is 5.97 Å². The van der Waals surface area contributed by atoms with Gasteiger partial charge in [0.1, 0.15) is 18.0 Å². The Hall–Kier alpha value is -2.82. The maximum Gasteiger partial charge on any atom is 0.322 e. The highest BCUT2D eigenvalue weighted by Crippen LogP contribution is 2.23. The van der Waals surface area contributed by atoms with Crippen LogP contribution >= 0.6 is 0 Å². The van der Waals surface area contributed by atoms with Gasteiger partial charge in [0.05, 0.1) is 0 Å². The SMILES string of the molecule is Cc1ccc(Oc2ccc(C(=O)NCC(=O)O)cc2)cc1C. The minimum atomic E-state index is -1.08. The van der Waals surface area contributed by atoms with Crippen LogP contribution in [0.4, 0.5) is 0 Å². The van der Waals surface area contributed by atoms with E-state index < -0.39 is 18.4 Å². The van der Waals surface area contributed by atoms with E-state index in [2.05, 4.69) is 5.32 Å². The van der Waals surface area contributed by atoms with E-state index in [0.29, 0.717) is 11.3 Å². The molecule has 0 fully saturated rings. The summed E-state index contributed by atoms with van der Waals surface area (Å²) in [6.07, 6.45) is 0. The van der Waals surface area contributed by atoms with Crippen molar-refractivity contribution in [3.8, 4) is 11.5 Å². The molecule has 0 unspecified atom stereocenters. The van der Waals surface area contributed by atoms with Crippen molar-refractivity contribution in [3.63, 3.8) is 0 Å². The second-order valence-corrected chi connectivity index (χ2v) is 4.95. The lowest BCUT2D eigenvalue weighted by Gasteiger charge is -2.08. The quantitative estimate of drug-likeness (QED) is 0.890. The number of amides is 1. The first kappa shape index (κ1) is 15.6. The molecule has 0 atom stereocenters. The molecule has 2 aromatic rings. The van der Waals surface area contributed by atoms with Gasteiger partial charge in [0.25, 0.3) is 5.91 Å². The maximum atomic E-state index is 11.7. The minimum absolute atomic E-state index is 0.383. The molecular formula is C17H17NO4. The van der Waals surface area contributed by atoms with Gasteiger partial charge in [-0.3, -0.25) is 9.59 Å². The third-order valence-corrected chi connectivity index (χ3v) is 3.23. The molecular weight excluding hydrogens is 282 g/mol. The highest BCUT2D eigenvalue weighted by Gasteiger charge is 2.07. The molecule has 0 saturated heterocycles. The first-order chi connectivity index (χ1) is 10.5. The molecule has 0 aliphatic heterocycles. The van der Waals surface area contributed by atoms with Crippen molar-refractivity contribution in [2.45, 2.75) is 13.8 Å². The number of benzene rings is 2. The first-order valence-corrected chi connectivity index (χ1v) is 6.81. The van der Waals surface area contributed by atoms with E-state index in [9.17, 15) is 9.59 Å². The van der Waals surface area contributed by atoms with E-state index >= 15 is 0 Å². The van der Waals surface area contributed by atoms with Gasteiger partial charge in [-0.15, -0.1) is 0 Å². The Morgan fingerprint density at radius 3 is 2.23 bits per heavy atom. The monoisotopic (exact) mass is 299 g/mol. The summed E-state index contributed by atoms with van der Waals surface area (Å²) in [6.45, 7) is 3.64. The largest absolute Gasteiger partial charge is 0.480 e. The molecule has 22 heavy (non-hydrogen) atoms. The molecule has 0 heterocycles. The normalized spacial score (nSPS) is 10.1. The summed E-state index contributed by atoms with van der Waals surface area (Å²) in [5.74, 6) is -0.174. The fraction of sp³-hybridized carbons (Fsp3) is 0.176. The Balaban J connectivity index is 2.03. The molecule has 5 nitrogen and oxygen atoms in total. The van der Waals surface area contributed by atoms with Crippen LogP contribution in [0.1, 0.15) is 21.5 Å². The Labute approximate surface area is 128 Å². The maximum absolute atomic E-state index is 11.7. The highest BCUT2D eigenvalue weighted by molar-refractivity contribution is 5.95. The first-order valence-electron chi connectivity index (χ1n) is 6.81. The lowest BCUT2D eigenvalue weighted by molar-refractivity contribution is -0.135. The van der Waals surface area contributed by atoms with Gasteiger partial charge in [-0.05, 0) is 61.4 Å². The molecule has 0 spiro atoms. The second kappa shape index (κ2) is 6.76. The molecule has 0 aromatic heterocycles. The second-order valence-electron chi connectivity index (χ2n) is 4.95.